The summed E-state index contributed by atoms with van der Waals surface area (Å²) in [7, 11) is 0. The predicted molar refractivity (Wildman–Crippen MR) is 116 cm³/mol. The Morgan fingerprint density at radius 3 is 2.65 bits per heavy atom. The van der Waals surface area contributed by atoms with Gasteiger partial charge in [0.2, 0.25) is 0 Å². The smallest absolute Gasteiger partial charge is 0.271 e. The molecule has 3 aromatic rings. The van der Waals surface area contributed by atoms with Crippen LogP contribution in [0.1, 0.15) is 21.3 Å². The number of aromatic hydroxyl groups is 1. The first-order chi connectivity index (χ1) is 14.8. The van der Waals surface area contributed by atoms with Crippen molar-refractivity contribution < 1.29 is 23.5 Å². The Kier molecular flexibility index (Phi) is 6.36. The number of nitrogens with one attached hydrogen (secondary N) is 1. The van der Waals surface area contributed by atoms with Gasteiger partial charge < -0.3 is 5.11 Å². The van der Waals surface area contributed by atoms with E-state index in [4.69, 9.17) is 28.0 Å². The molecule has 3 aromatic carbocycles. The summed E-state index contributed by atoms with van der Waals surface area (Å²) in [6.07, 6.45) is 0. The van der Waals surface area contributed by atoms with Crippen LogP contribution in [0.4, 0.5) is 8.78 Å². The maximum atomic E-state index is 14.1. The van der Waals surface area contributed by atoms with E-state index in [1.165, 1.54) is 41.2 Å². The van der Waals surface area contributed by atoms with Gasteiger partial charge in [0.1, 0.15) is 28.7 Å². The van der Waals surface area contributed by atoms with Crippen LogP contribution in [0.5, 0.6) is 5.75 Å². The molecule has 31 heavy (non-hydrogen) atoms. The lowest BCUT2D eigenvalue weighted by Crippen LogP contribution is -2.40. The molecule has 1 fully saturated rings. The van der Waals surface area contributed by atoms with Gasteiger partial charge in [0, 0.05) is 11.6 Å². The van der Waals surface area contributed by atoms with Gasteiger partial charge in [-0.3, -0.25) is 15.1 Å². The molecule has 0 aliphatic carbocycles. The van der Waals surface area contributed by atoms with Crippen molar-refractivity contribution in [2.75, 3.05) is 5.94 Å². The first-order valence-corrected chi connectivity index (χ1v) is 10.7. The molecule has 160 valence electrons. The number of amides is 1. The lowest BCUT2D eigenvalue weighted by Gasteiger charge is -2.22. The van der Waals surface area contributed by atoms with Crippen LogP contribution in [0.25, 0.3) is 11.1 Å². The van der Waals surface area contributed by atoms with Gasteiger partial charge in [-0.1, -0.05) is 40.5 Å². The number of phenols is 1. The summed E-state index contributed by atoms with van der Waals surface area (Å²) in [6, 6.07) is 12.2. The van der Waals surface area contributed by atoms with Crippen LogP contribution in [-0.2, 0) is 4.84 Å². The van der Waals surface area contributed by atoms with E-state index in [0.717, 1.165) is 17.7 Å². The van der Waals surface area contributed by atoms with Crippen LogP contribution in [0, 0.1) is 11.6 Å². The molecule has 0 radical (unpaired) electrons. The summed E-state index contributed by atoms with van der Waals surface area (Å²) in [5.74, 6) is -2.19. The number of phenolic OH excluding ortho intramolecular Hbond substituents is 1. The zero-order chi connectivity index (χ0) is 22.1. The highest BCUT2D eigenvalue weighted by atomic mass is 35.5. The summed E-state index contributed by atoms with van der Waals surface area (Å²) in [5.41, 5.74) is 3.63. The molecule has 4 rings (SSSR count). The monoisotopic (exact) mass is 482 g/mol. The van der Waals surface area contributed by atoms with Gasteiger partial charge >= 0.3 is 0 Å². The molecule has 1 amide bonds. The standard InChI is InChI=1S/C21H14Cl2F2N2O3S/c22-16-5-1-12(8-17(16)23)21-27(30-10-31-21)26-20(29)15-7-11(2-6-19(15)28)14-4-3-13(24)9-18(14)25/h1-9,21,28H,10H2,(H,26,29). The summed E-state index contributed by atoms with van der Waals surface area (Å²) in [4.78, 5) is 18.3. The first-order valence-electron chi connectivity index (χ1n) is 8.91. The molecule has 0 aromatic heterocycles. The Bertz CT molecular complexity index is 1170. The van der Waals surface area contributed by atoms with Crippen molar-refractivity contribution in [3.8, 4) is 16.9 Å². The van der Waals surface area contributed by atoms with Crippen molar-refractivity contribution in [1.29, 1.82) is 0 Å². The maximum absolute atomic E-state index is 14.1. The minimum Gasteiger partial charge on any atom is -0.507 e. The fraction of sp³-hybridized carbons (Fsp3) is 0.0952. The van der Waals surface area contributed by atoms with E-state index in [9.17, 15) is 18.7 Å². The van der Waals surface area contributed by atoms with Gasteiger partial charge in [0.05, 0.1) is 15.6 Å². The molecule has 1 atom stereocenters. The number of carbonyl (C=O) groups excluding carboxylic acids is 1. The Morgan fingerprint density at radius 1 is 1.10 bits per heavy atom. The average Bonchev–Trinajstić information content (AvgIpc) is 3.18. The van der Waals surface area contributed by atoms with Gasteiger partial charge in [0.25, 0.3) is 5.91 Å². The lowest BCUT2D eigenvalue weighted by molar-refractivity contribution is -0.162. The molecule has 0 saturated carbocycles. The third-order valence-corrected chi connectivity index (χ3v) is 6.31. The molecule has 1 heterocycles. The van der Waals surface area contributed by atoms with Crippen molar-refractivity contribution in [3.05, 3.63) is 87.4 Å². The highest BCUT2D eigenvalue weighted by molar-refractivity contribution is 7.99. The molecule has 0 bridgehead atoms. The second-order valence-corrected chi connectivity index (χ2v) is 8.39. The fourth-order valence-electron chi connectivity index (χ4n) is 3.04. The van der Waals surface area contributed by atoms with E-state index in [1.807, 2.05) is 0 Å². The Balaban J connectivity index is 1.58. The topological polar surface area (TPSA) is 61.8 Å². The predicted octanol–water partition coefficient (Wildman–Crippen LogP) is 5.93. The number of hydrogen-bond donors (Lipinski definition) is 2. The van der Waals surface area contributed by atoms with E-state index < -0.39 is 22.9 Å². The Hall–Kier alpha value is -2.36. The highest BCUT2D eigenvalue weighted by Crippen LogP contribution is 2.39. The van der Waals surface area contributed by atoms with Crippen molar-refractivity contribution >= 4 is 40.9 Å². The summed E-state index contributed by atoms with van der Waals surface area (Å²) < 4.78 is 27.3. The number of rotatable bonds is 4. The molecule has 1 saturated heterocycles. The molecule has 5 nitrogen and oxygen atoms in total. The van der Waals surface area contributed by atoms with Crippen molar-refractivity contribution in [1.82, 2.24) is 10.6 Å². The second-order valence-electron chi connectivity index (χ2n) is 6.56. The van der Waals surface area contributed by atoms with Gasteiger partial charge in [0.15, 0.2) is 0 Å². The third-order valence-electron chi connectivity index (χ3n) is 4.55. The molecular formula is C21H14Cl2F2N2O3S. The van der Waals surface area contributed by atoms with Crippen molar-refractivity contribution in [2.45, 2.75) is 5.37 Å². The van der Waals surface area contributed by atoms with E-state index in [-0.39, 0.29) is 22.8 Å². The lowest BCUT2D eigenvalue weighted by atomic mass is 10.0. The van der Waals surface area contributed by atoms with Crippen LogP contribution < -0.4 is 5.43 Å². The van der Waals surface area contributed by atoms with Gasteiger partial charge in [-0.15, -0.1) is 11.8 Å². The summed E-state index contributed by atoms with van der Waals surface area (Å²) >= 11 is 13.4. The largest absolute Gasteiger partial charge is 0.507 e. The Labute approximate surface area is 190 Å². The zero-order valence-electron chi connectivity index (χ0n) is 15.6. The quantitative estimate of drug-likeness (QED) is 0.482. The summed E-state index contributed by atoms with van der Waals surface area (Å²) in [6.45, 7) is 0. The molecule has 0 spiro atoms. The van der Waals surface area contributed by atoms with E-state index in [2.05, 4.69) is 5.43 Å². The van der Waals surface area contributed by atoms with Crippen LogP contribution in [-0.4, -0.2) is 22.1 Å². The maximum Gasteiger partial charge on any atom is 0.271 e. The van der Waals surface area contributed by atoms with E-state index in [1.54, 1.807) is 18.2 Å². The number of hydrogen-bond acceptors (Lipinski definition) is 5. The summed E-state index contributed by atoms with van der Waals surface area (Å²) in [5, 5.41) is 11.8. The number of hydroxylamine groups is 1. The normalized spacial score (nSPS) is 16.5. The van der Waals surface area contributed by atoms with Gasteiger partial charge in [-0.25, -0.2) is 8.78 Å². The van der Waals surface area contributed by atoms with E-state index in [0.29, 0.717) is 15.6 Å². The van der Waals surface area contributed by atoms with Crippen LogP contribution >= 0.6 is 35.0 Å². The second kappa shape index (κ2) is 9.02. The SMILES string of the molecule is O=C(NN1OCSC1c1ccc(Cl)c(Cl)c1)c1cc(-c2ccc(F)cc2F)ccc1O. The molecule has 10 heteroatoms. The molecule has 2 N–H and O–H groups in total. The van der Waals surface area contributed by atoms with Crippen LogP contribution in [0.15, 0.2) is 54.6 Å². The van der Waals surface area contributed by atoms with E-state index >= 15 is 0 Å². The molecule has 1 unspecified atom stereocenters. The number of benzene rings is 3. The van der Waals surface area contributed by atoms with Crippen LogP contribution in [0.3, 0.4) is 0 Å². The number of hydrazine groups is 1. The van der Waals surface area contributed by atoms with Gasteiger partial charge in [-0.2, -0.15) is 0 Å². The third kappa shape index (κ3) is 4.63. The fourth-order valence-corrected chi connectivity index (χ4v) is 4.24. The van der Waals surface area contributed by atoms with Crippen molar-refractivity contribution in [3.63, 3.8) is 0 Å². The first kappa shape index (κ1) is 21.9. The highest BCUT2D eigenvalue weighted by Gasteiger charge is 2.31. The molecule has 1 aliphatic rings. The average molecular weight is 483 g/mol. The molecular weight excluding hydrogens is 469 g/mol. The van der Waals surface area contributed by atoms with Gasteiger partial charge in [-0.05, 0) is 47.5 Å². The van der Waals surface area contributed by atoms with Crippen LogP contribution in [0.2, 0.25) is 10.0 Å². The Morgan fingerprint density at radius 2 is 1.90 bits per heavy atom. The van der Waals surface area contributed by atoms with Crippen molar-refractivity contribution in [2.24, 2.45) is 0 Å². The molecule has 1 aliphatic heterocycles. The minimum absolute atomic E-state index is 0.0945. The number of nitrogens with zero attached hydrogens (tertiary/aromatic N) is 1. The zero-order valence-corrected chi connectivity index (χ0v) is 17.9. The number of halogens is 4. The number of carbonyl (C=O) groups is 1. The minimum atomic E-state index is -0.781. The number of thioether (sulfide) groups is 1.